The van der Waals surface area contributed by atoms with Gasteiger partial charge in [0.05, 0.1) is 6.54 Å². The predicted molar refractivity (Wildman–Crippen MR) is 68.7 cm³/mol. The van der Waals surface area contributed by atoms with Crippen LogP contribution in [0.4, 0.5) is 0 Å². The number of hydrogen-bond acceptors (Lipinski definition) is 4. The van der Waals surface area contributed by atoms with Gasteiger partial charge in [-0.25, -0.2) is 0 Å². The fraction of sp³-hybridized carbons (Fsp3) is 0.923. The molecule has 3 aliphatic rings. The molecule has 0 atom stereocenters. The first kappa shape index (κ1) is 14.5. The number of aliphatic imine (C=N–C) groups is 1. The Morgan fingerprint density at radius 2 is 1.18 bits per heavy atom. The Labute approximate surface area is 104 Å². The van der Waals surface area contributed by atoms with Crippen molar-refractivity contribution in [1.82, 2.24) is 0 Å². The lowest BCUT2D eigenvalue weighted by Crippen LogP contribution is -2.03. The van der Waals surface area contributed by atoms with Gasteiger partial charge in [0.25, 0.3) is 0 Å². The van der Waals surface area contributed by atoms with Gasteiger partial charge < -0.3 is 14.2 Å². The van der Waals surface area contributed by atoms with Crippen molar-refractivity contribution in [2.24, 2.45) is 4.99 Å². The summed E-state index contributed by atoms with van der Waals surface area (Å²) in [7, 11) is 0. The monoisotopic (exact) mass is 243 g/mol. The summed E-state index contributed by atoms with van der Waals surface area (Å²) < 4.78 is 14.8. The number of rotatable bonds is 0. The highest BCUT2D eigenvalue weighted by Crippen LogP contribution is 2.02. The van der Waals surface area contributed by atoms with Crippen LogP contribution < -0.4 is 0 Å². The third kappa shape index (κ3) is 10.3. The summed E-state index contributed by atoms with van der Waals surface area (Å²) in [5.74, 6) is 0. The molecule has 0 unspecified atom stereocenters. The minimum atomic E-state index is 0.778. The van der Waals surface area contributed by atoms with Gasteiger partial charge >= 0.3 is 0 Å². The molecule has 0 aliphatic carbocycles. The molecule has 3 heterocycles. The number of hydrogen-bond donors (Lipinski definition) is 0. The number of nitrogens with zero attached hydrogens (tertiary/aromatic N) is 1. The van der Waals surface area contributed by atoms with Gasteiger partial charge in [-0.05, 0) is 38.5 Å². The second-order valence-corrected chi connectivity index (χ2v) is 4.23. The fourth-order valence-corrected chi connectivity index (χ4v) is 1.64. The van der Waals surface area contributed by atoms with Crippen molar-refractivity contribution in [2.75, 3.05) is 39.6 Å². The molecule has 0 radical (unpaired) electrons. The number of ether oxygens (including phenoxy) is 3. The first-order valence-corrected chi connectivity index (χ1v) is 6.75. The Morgan fingerprint density at radius 1 is 0.647 bits per heavy atom. The van der Waals surface area contributed by atoms with Gasteiger partial charge in [0, 0.05) is 26.4 Å². The van der Waals surface area contributed by atoms with Crippen molar-refractivity contribution in [2.45, 2.75) is 38.5 Å². The predicted octanol–water partition coefficient (Wildman–Crippen LogP) is 2.42. The molecule has 0 aromatic carbocycles. The lowest BCUT2D eigenvalue weighted by atomic mass is 10.2. The van der Waals surface area contributed by atoms with Crippen LogP contribution in [0.3, 0.4) is 0 Å². The van der Waals surface area contributed by atoms with Gasteiger partial charge in [0.2, 0.25) is 0 Å². The second kappa shape index (κ2) is 11.9. The van der Waals surface area contributed by atoms with E-state index in [1.54, 1.807) is 0 Å². The third-order valence-electron chi connectivity index (χ3n) is 2.64. The molecular weight excluding hydrogens is 218 g/mol. The zero-order chi connectivity index (χ0) is 12.0. The third-order valence-corrected chi connectivity index (χ3v) is 2.64. The van der Waals surface area contributed by atoms with Crippen molar-refractivity contribution >= 4 is 6.40 Å². The van der Waals surface area contributed by atoms with Crippen molar-refractivity contribution in [3.05, 3.63) is 0 Å². The molecule has 100 valence electrons. The van der Waals surface area contributed by atoms with Gasteiger partial charge in [-0.1, -0.05) is 0 Å². The van der Waals surface area contributed by atoms with E-state index in [9.17, 15) is 0 Å². The summed E-state index contributed by atoms with van der Waals surface area (Å²) in [5.41, 5.74) is 0. The summed E-state index contributed by atoms with van der Waals surface area (Å²) in [6.07, 6.45) is 9.35. The fourth-order valence-electron chi connectivity index (χ4n) is 1.64. The molecule has 3 aliphatic heterocycles. The summed E-state index contributed by atoms with van der Waals surface area (Å²) >= 11 is 0. The zero-order valence-corrected chi connectivity index (χ0v) is 10.7. The lowest BCUT2D eigenvalue weighted by Gasteiger charge is -2.08. The lowest BCUT2D eigenvalue weighted by molar-refractivity contribution is 0.0967. The summed E-state index contributed by atoms with van der Waals surface area (Å²) in [4.78, 5) is 3.74. The molecule has 0 aromatic heterocycles. The van der Waals surface area contributed by atoms with E-state index in [0.29, 0.717) is 0 Å². The van der Waals surface area contributed by atoms with E-state index in [4.69, 9.17) is 9.47 Å². The molecule has 0 spiro atoms. The van der Waals surface area contributed by atoms with Crippen LogP contribution >= 0.6 is 0 Å². The van der Waals surface area contributed by atoms with Crippen LogP contribution in [-0.4, -0.2) is 46.0 Å². The SMILES string of the molecule is C1=NCCO1.C1CCOCC1.C1CCOCC1. The molecule has 3 rings (SSSR count). The molecule has 0 saturated carbocycles. The maximum absolute atomic E-state index is 5.07. The molecule has 17 heavy (non-hydrogen) atoms. The molecule has 4 heteroatoms. The standard InChI is InChI=1S/2C5H10O.C3H5NO/c2*1-2-4-6-5-3-1;1-2-5-3-4-1/h2*1-5H2;3H,1-2H2. The van der Waals surface area contributed by atoms with Gasteiger partial charge in [-0.2, -0.15) is 0 Å². The van der Waals surface area contributed by atoms with Crippen LogP contribution in [0.2, 0.25) is 0 Å². The van der Waals surface area contributed by atoms with E-state index >= 15 is 0 Å². The Morgan fingerprint density at radius 3 is 1.29 bits per heavy atom. The van der Waals surface area contributed by atoms with E-state index in [1.165, 1.54) is 44.9 Å². The Balaban J connectivity index is 0.000000128. The molecule has 2 saturated heterocycles. The molecule has 0 amide bonds. The average molecular weight is 243 g/mol. The molecular formula is C13H25NO3. The van der Waals surface area contributed by atoms with E-state index < -0.39 is 0 Å². The Hall–Kier alpha value is -0.610. The van der Waals surface area contributed by atoms with Gasteiger partial charge in [0.1, 0.15) is 6.61 Å². The first-order valence-electron chi connectivity index (χ1n) is 6.75. The summed E-state index contributed by atoms with van der Waals surface area (Å²) in [5, 5.41) is 0. The zero-order valence-electron chi connectivity index (χ0n) is 10.7. The Kier molecular flexibility index (Phi) is 10.1. The molecule has 4 nitrogen and oxygen atoms in total. The van der Waals surface area contributed by atoms with Crippen molar-refractivity contribution in [3.8, 4) is 0 Å². The van der Waals surface area contributed by atoms with Crippen LogP contribution in [0.15, 0.2) is 4.99 Å². The highest BCUT2D eigenvalue weighted by atomic mass is 16.5. The van der Waals surface area contributed by atoms with Gasteiger partial charge in [-0.3, -0.25) is 4.99 Å². The largest absolute Gasteiger partial charge is 0.482 e. The van der Waals surface area contributed by atoms with E-state index in [2.05, 4.69) is 9.73 Å². The maximum atomic E-state index is 5.07. The topological polar surface area (TPSA) is 40.0 Å². The van der Waals surface area contributed by atoms with Crippen LogP contribution in [0.25, 0.3) is 0 Å². The van der Waals surface area contributed by atoms with Crippen molar-refractivity contribution < 1.29 is 14.2 Å². The van der Waals surface area contributed by atoms with E-state index in [-0.39, 0.29) is 0 Å². The highest BCUT2D eigenvalue weighted by molar-refractivity contribution is 5.47. The highest BCUT2D eigenvalue weighted by Gasteiger charge is 1.95. The average Bonchev–Trinajstić information content (AvgIpc) is 3.03. The summed E-state index contributed by atoms with van der Waals surface area (Å²) in [6, 6.07) is 0. The van der Waals surface area contributed by atoms with Crippen LogP contribution in [0, 0.1) is 0 Å². The maximum Gasteiger partial charge on any atom is 0.169 e. The molecule has 0 aromatic rings. The smallest absolute Gasteiger partial charge is 0.169 e. The van der Waals surface area contributed by atoms with E-state index in [1.807, 2.05) is 0 Å². The van der Waals surface area contributed by atoms with Gasteiger partial charge in [0.15, 0.2) is 6.40 Å². The van der Waals surface area contributed by atoms with Crippen LogP contribution in [0.1, 0.15) is 38.5 Å². The Bertz CT molecular complexity index is 136. The first-order chi connectivity index (χ1) is 8.50. The minimum Gasteiger partial charge on any atom is -0.482 e. The molecule has 0 bridgehead atoms. The van der Waals surface area contributed by atoms with Crippen LogP contribution in [0.5, 0.6) is 0 Å². The quantitative estimate of drug-likeness (QED) is 0.656. The van der Waals surface area contributed by atoms with E-state index in [0.717, 1.165) is 39.6 Å². The summed E-state index contributed by atoms with van der Waals surface area (Å²) in [6.45, 7) is 5.62. The normalized spacial score (nSPS) is 22.6. The van der Waals surface area contributed by atoms with Gasteiger partial charge in [-0.15, -0.1) is 0 Å². The van der Waals surface area contributed by atoms with Crippen LogP contribution in [-0.2, 0) is 14.2 Å². The molecule has 0 N–H and O–H groups in total. The van der Waals surface area contributed by atoms with Crippen molar-refractivity contribution in [1.29, 1.82) is 0 Å². The molecule has 2 fully saturated rings. The van der Waals surface area contributed by atoms with Crippen molar-refractivity contribution in [3.63, 3.8) is 0 Å². The minimum absolute atomic E-state index is 0.778. The second-order valence-electron chi connectivity index (χ2n) is 4.23.